The van der Waals surface area contributed by atoms with Crippen molar-refractivity contribution in [1.29, 1.82) is 0 Å². The van der Waals surface area contributed by atoms with E-state index in [-0.39, 0.29) is 11.0 Å². The Morgan fingerprint density at radius 2 is 2.25 bits per heavy atom. The number of rotatable bonds is 5. The molecule has 3 N–H and O–H groups in total. The Morgan fingerprint density at radius 3 is 2.69 bits per heavy atom. The van der Waals surface area contributed by atoms with Gasteiger partial charge in [-0.1, -0.05) is 12.2 Å². The molecule has 0 saturated heterocycles. The van der Waals surface area contributed by atoms with Crippen LogP contribution in [-0.4, -0.2) is 23.6 Å². The highest BCUT2D eigenvalue weighted by Gasteiger charge is 2.26. The predicted octanol–water partition coefficient (Wildman–Crippen LogP) is 0.798. The molecule has 5 nitrogen and oxygen atoms in total. The Morgan fingerprint density at radius 1 is 1.62 bits per heavy atom. The average molecular weight is 279 g/mol. The minimum Gasteiger partial charge on any atom is -0.392 e. The van der Waals surface area contributed by atoms with Gasteiger partial charge in [0, 0.05) is 11.6 Å². The van der Waals surface area contributed by atoms with E-state index < -0.39 is 15.3 Å². The minimum absolute atomic E-state index is 0.0427. The molecule has 8 heteroatoms. The summed E-state index contributed by atoms with van der Waals surface area (Å²) < 4.78 is 26.0. The van der Waals surface area contributed by atoms with E-state index in [0.29, 0.717) is 5.01 Å². The predicted molar refractivity (Wildman–Crippen MR) is 68.8 cm³/mol. The first-order valence-electron chi connectivity index (χ1n) is 4.54. The van der Waals surface area contributed by atoms with Crippen LogP contribution in [0, 0.1) is 0 Å². The van der Waals surface area contributed by atoms with E-state index in [1.54, 1.807) is 18.5 Å². The molecule has 0 aliphatic carbocycles. The Hall–Kier alpha value is -0.570. The normalized spacial score (nSPS) is 15.6. The van der Waals surface area contributed by atoms with Gasteiger partial charge < -0.3 is 5.73 Å². The first kappa shape index (κ1) is 13.5. The van der Waals surface area contributed by atoms with E-state index in [9.17, 15) is 8.42 Å². The SMILES string of the molecule is CC(NS(=O)(=O)C(C)C(N)=S)c1nccs1. The Balaban J connectivity index is 2.78. The number of hydrogen-bond acceptors (Lipinski definition) is 5. The van der Waals surface area contributed by atoms with Gasteiger partial charge in [0.1, 0.15) is 10.3 Å². The number of thiazole rings is 1. The minimum atomic E-state index is -3.53. The molecule has 0 spiro atoms. The molecule has 0 saturated carbocycles. The molecule has 16 heavy (non-hydrogen) atoms. The molecule has 1 aromatic rings. The number of sulfonamides is 1. The number of thiocarbonyl (C=S) groups is 1. The summed E-state index contributed by atoms with van der Waals surface area (Å²) in [6.07, 6.45) is 1.63. The fourth-order valence-electron chi connectivity index (χ4n) is 1.00. The Bertz CT molecular complexity index is 455. The molecular formula is C8H13N3O2S3. The van der Waals surface area contributed by atoms with Crippen LogP contribution in [0.25, 0.3) is 0 Å². The Labute approximate surface area is 104 Å². The maximum absolute atomic E-state index is 11.8. The third kappa shape index (κ3) is 3.21. The van der Waals surface area contributed by atoms with Crippen LogP contribution in [0.2, 0.25) is 0 Å². The number of aromatic nitrogens is 1. The van der Waals surface area contributed by atoms with Gasteiger partial charge in [0.25, 0.3) is 0 Å². The van der Waals surface area contributed by atoms with Crippen LogP contribution in [0.1, 0.15) is 24.9 Å². The fraction of sp³-hybridized carbons (Fsp3) is 0.500. The molecule has 1 heterocycles. The van der Waals surface area contributed by atoms with E-state index in [2.05, 4.69) is 21.9 Å². The van der Waals surface area contributed by atoms with E-state index in [0.717, 1.165) is 0 Å². The third-order valence-corrected chi connectivity index (χ3v) is 5.36. The molecule has 0 amide bonds. The summed E-state index contributed by atoms with van der Waals surface area (Å²) in [7, 11) is -3.53. The second-order valence-electron chi connectivity index (χ2n) is 3.30. The maximum atomic E-state index is 11.8. The van der Waals surface area contributed by atoms with Crippen molar-refractivity contribution < 1.29 is 8.42 Å². The quantitative estimate of drug-likeness (QED) is 0.779. The molecule has 0 aliphatic rings. The molecule has 0 radical (unpaired) electrons. The monoisotopic (exact) mass is 279 g/mol. The molecule has 1 rings (SSSR count). The van der Waals surface area contributed by atoms with Gasteiger partial charge in [-0.05, 0) is 13.8 Å². The molecule has 1 aromatic heterocycles. The van der Waals surface area contributed by atoms with Crippen molar-refractivity contribution in [2.75, 3.05) is 0 Å². The van der Waals surface area contributed by atoms with Crippen LogP contribution in [-0.2, 0) is 10.0 Å². The van der Waals surface area contributed by atoms with Crippen molar-refractivity contribution in [3.8, 4) is 0 Å². The average Bonchev–Trinajstić information content (AvgIpc) is 2.68. The van der Waals surface area contributed by atoms with Gasteiger partial charge >= 0.3 is 0 Å². The van der Waals surface area contributed by atoms with Gasteiger partial charge in [-0.25, -0.2) is 18.1 Å². The van der Waals surface area contributed by atoms with Gasteiger partial charge in [-0.2, -0.15) is 0 Å². The fourth-order valence-corrected chi connectivity index (χ4v) is 3.22. The third-order valence-electron chi connectivity index (χ3n) is 2.03. The van der Waals surface area contributed by atoms with Crippen molar-refractivity contribution in [2.45, 2.75) is 25.1 Å². The van der Waals surface area contributed by atoms with E-state index in [1.807, 2.05) is 0 Å². The van der Waals surface area contributed by atoms with E-state index >= 15 is 0 Å². The lowest BCUT2D eigenvalue weighted by molar-refractivity contribution is 0.563. The highest BCUT2D eigenvalue weighted by molar-refractivity contribution is 7.93. The zero-order valence-corrected chi connectivity index (χ0v) is 11.3. The molecular weight excluding hydrogens is 266 g/mol. The van der Waals surface area contributed by atoms with E-state index in [1.165, 1.54) is 18.3 Å². The van der Waals surface area contributed by atoms with Crippen LogP contribution in [0.5, 0.6) is 0 Å². The van der Waals surface area contributed by atoms with Crippen molar-refractivity contribution in [3.63, 3.8) is 0 Å². The molecule has 0 bridgehead atoms. The standard InChI is InChI=1S/C8H13N3O2S3/c1-5(8-10-3-4-15-8)11-16(12,13)6(2)7(9)14/h3-6,11H,1-2H3,(H2,9,14). The lowest BCUT2D eigenvalue weighted by Gasteiger charge is -2.16. The first-order valence-corrected chi connectivity index (χ1v) is 7.38. The first-order chi connectivity index (χ1) is 7.34. The molecule has 2 atom stereocenters. The second-order valence-corrected chi connectivity index (χ2v) is 6.73. The lowest BCUT2D eigenvalue weighted by Crippen LogP contribution is -2.40. The van der Waals surface area contributed by atoms with Crippen LogP contribution >= 0.6 is 23.6 Å². The number of nitrogens with zero attached hydrogens (tertiary/aromatic N) is 1. The largest absolute Gasteiger partial charge is 0.392 e. The van der Waals surface area contributed by atoms with Crippen molar-refractivity contribution in [1.82, 2.24) is 9.71 Å². The van der Waals surface area contributed by atoms with Crippen LogP contribution < -0.4 is 10.5 Å². The van der Waals surface area contributed by atoms with Gasteiger partial charge in [-0.3, -0.25) is 0 Å². The summed E-state index contributed by atoms with van der Waals surface area (Å²) in [6.45, 7) is 3.18. The van der Waals surface area contributed by atoms with Gasteiger partial charge in [-0.15, -0.1) is 11.3 Å². The maximum Gasteiger partial charge on any atom is 0.221 e. The molecule has 0 aromatic carbocycles. The smallest absolute Gasteiger partial charge is 0.221 e. The lowest BCUT2D eigenvalue weighted by atomic mass is 10.4. The highest BCUT2D eigenvalue weighted by atomic mass is 32.2. The van der Waals surface area contributed by atoms with E-state index in [4.69, 9.17) is 5.73 Å². The van der Waals surface area contributed by atoms with Gasteiger partial charge in [0.05, 0.1) is 11.0 Å². The van der Waals surface area contributed by atoms with Crippen molar-refractivity contribution >= 4 is 38.6 Å². The molecule has 2 unspecified atom stereocenters. The van der Waals surface area contributed by atoms with Gasteiger partial charge in [0.15, 0.2) is 0 Å². The zero-order chi connectivity index (χ0) is 12.3. The van der Waals surface area contributed by atoms with Crippen molar-refractivity contribution in [3.05, 3.63) is 16.6 Å². The van der Waals surface area contributed by atoms with Crippen LogP contribution in [0.4, 0.5) is 0 Å². The van der Waals surface area contributed by atoms with Crippen LogP contribution in [0.3, 0.4) is 0 Å². The summed E-state index contributed by atoms with van der Waals surface area (Å²) in [5, 5.41) is 1.61. The van der Waals surface area contributed by atoms with Crippen molar-refractivity contribution in [2.24, 2.45) is 5.73 Å². The highest BCUT2D eigenvalue weighted by Crippen LogP contribution is 2.16. The topological polar surface area (TPSA) is 85.1 Å². The molecule has 90 valence electrons. The molecule has 0 aliphatic heterocycles. The Kier molecular flexibility index (Phi) is 4.36. The summed E-state index contributed by atoms with van der Waals surface area (Å²) in [5.41, 5.74) is 5.32. The number of nitrogens with two attached hydrogens (primary N) is 1. The summed E-state index contributed by atoms with van der Waals surface area (Å²) in [6, 6.07) is -0.373. The second kappa shape index (κ2) is 5.17. The summed E-state index contributed by atoms with van der Waals surface area (Å²) in [4.78, 5) is 3.99. The molecule has 0 fully saturated rings. The van der Waals surface area contributed by atoms with Crippen LogP contribution in [0.15, 0.2) is 11.6 Å². The number of nitrogens with one attached hydrogen (secondary N) is 1. The summed E-state index contributed by atoms with van der Waals surface area (Å²) in [5.74, 6) is 0. The number of hydrogen-bond donors (Lipinski definition) is 2. The summed E-state index contributed by atoms with van der Waals surface area (Å²) >= 11 is 6.05. The zero-order valence-electron chi connectivity index (χ0n) is 8.88. The van der Waals surface area contributed by atoms with Gasteiger partial charge in [0.2, 0.25) is 10.0 Å².